The topological polar surface area (TPSA) is 64.3 Å². The summed E-state index contributed by atoms with van der Waals surface area (Å²) in [6.45, 7) is 10.6. The van der Waals surface area contributed by atoms with Gasteiger partial charge in [-0.1, -0.05) is 13.8 Å². The third kappa shape index (κ3) is 12.2. The van der Waals surface area contributed by atoms with Gasteiger partial charge in [-0.2, -0.15) is 0 Å². The van der Waals surface area contributed by atoms with Crippen LogP contribution in [0, 0.1) is 5.41 Å². The predicted molar refractivity (Wildman–Crippen MR) is 80.0 cm³/mol. The maximum Gasteiger partial charge on any atom is 0.220 e. The lowest BCUT2D eigenvalue weighted by Gasteiger charge is -2.23. The van der Waals surface area contributed by atoms with E-state index in [0.717, 1.165) is 38.8 Å². The lowest BCUT2D eigenvalue weighted by molar-refractivity contribution is -0.121. The quantitative estimate of drug-likeness (QED) is 0.568. The maximum absolute atomic E-state index is 11.7. The van der Waals surface area contributed by atoms with Crippen LogP contribution in [0.15, 0.2) is 0 Å². The molecule has 0 aromatic heterocycles. The first-order chi connectivity index (χ1) is 8.87. The first-order valence-corrected chi connectivity index (χ1v) is 7.46. The van der Waals surface area contributed by atoms with Crippen LogP contribution in [0.2, 0.25) is 0 Å². The van der Waals surface area contributed by atoms with E-state index in [1.165, 1.54) is 0 Å². The van der Waals surface area contributed by atoms with E-state index in [1.54, 1.807) is 0 Å². The van der Waals surface area contributed by atoms with Crippen molar-refractivity contribution in [3.8, 4) is 0 Å². The number of unbranched alkanes of at least 4 members (excludes halogenated alkanes) is 1. The summed E-state index contributed by atoms with van der Waals surface area (Å²) in [7, 11) is 0. The summed E-state index contributed by atoms with van der Waals surface area (Å²) in [4.78, 5) is 11.7. The molecule has 1 amide bonds. The molecule has 0 aromatic rings. The molecular formula is C15H32N2O2. The van der Waals surface area contributed by atoms with Gasteiger partial charge in [0.15, 0.2) is 0 Å². The Hall–Kier alpha value is -0.610. The predicted octanol–water partition coefficient (Wildman–Crippen LogP) is 2.46. The summed E-state index contributed by atoms with van der Waals surface area (Å²) in [5.41, 5.74) is 5.72. The number of carbonyl (C=O) groups excluding carboxylic acids is 1. The number of ether oxygens (including phenoxy) is 1. The van der Waals surface area contributed by atoms with Crippen molar-refractivity contribution in [1.82, 2.24) is 5.32 Å². The van der Waals surface area contributed by atoms with Gasteiger partial charge in [-0.15, -0.1) is 0 Å². The number of hydrogen-bond donors (Lipinski definition) is 2. The van der Waals surface area contributed by atoms with E-state index >= 15 is 0 Å². The average Bonchev–Trinajstić information content (AvgIpc) is 2.31. The van der Waals surface area contributed by atoms with Gasteiger partial charge in [-0.25, -0.2) is 0 Å². The van der Waals surface area contributed by atoms with Crippen molar-refractivity contribution in [2.45, 2.75) is 65.9 Å². The van der Waals surface area contributed by atoms with Crippen LogP contribution in [0.1, 0.15) is 59.8 Å². The van der Waals surface area contributed by atoms with E-state index < -0.39 is 0 Å². The zero-order valence-corrected chi connectivity index (χ0v) is 13.1. The van der Waals surface area contributed by atoms with Gasteiger partial charge in [0.2, 0.25) is 5.91 Å². The van der Waals surface area contributed by atoms with Crippen molar-refractivity contribution < 1.29 is 9.53 Å². The van der Waals surface area contributed by atoms with Gasteiger partial charge in [0, 0.05) is 19.6 Å². The molecule has 0 bridgehead atoms. The standard InChI is InChI=1S/C15H32N2O2/c1-13(2)19-12-6-5-11-17-14(18)7-8-15(3,4)9-10-16/h13H,5-12,16H2,1-4H3,(H,17,18). The molecular weight excluding hydrogens is 240 g/mol. The number of hydrogen-bond acceptors (Lipinski definition) is 3. The van der Waals surface area contributed by atoms with Crippen molar-refractivity contribution >= 4 is 5.91 Å². The van der Waals surface area contributed by atoms with Crippen LogP contribution in [0.4, 0.5) is 0 Å². The molecule has 4 nitrogen and oxygen atoms in total. The van der Waals surface area contributed by atoms with Gasteiger partial charge in [-0.05, 0) is 51.5 Å². The highest BCUT2D eigenvalue weighted by Gasteiger charge is 2.17. The van der Waals surface area contributed by atoms with Crippen LogP contribution in [0.3, 0.4) is 0 Å². The van der Waals surface area contributed by atoms with Crippen LogP contribution in [0.5, 0.6) is 0 Å². The molecule has 0 heterocycles. The fourth-order valence-electron chi connectivity index (χ4n) is 1.83. The fourth-order valence-corrected chi connectivity index (χ4v) is 1.83. The van der Waals surface area contributed by atoms with Gasteiger partial charge in [-0.3, -0.25) is 4.79 Å². The molecule has 3 N–H and O–H groups in total. The fraction of sp³-hybridized carbons (Fsp3) is 0.933. The monoisotopic (exact) mass is 272 g/mol. The summed E-state index contributed by atoms with van der Waals surface area (Å²) in [6, 6.07) is 0. The molecule has 0 atom stereocenters. The number of nitrogens with one attached hydrogen (secondary N) is 1. The SMILES string of the molecule is CC(C)OCCCCNC(=O)CCC(C)(C)CCN. The Labute approximate surface area is 118 Å². The van der Waals surface area contributed by atoms with Crippen molar-refractivity contribution in [1.29, 1.82) is 0 Å². The summed E-state index contributed by atoms with van der Waals surface area (Å²) in [6.07, 6.45) is 4.72. The van der Waals surface area contributed by atoms with Gasteiger partial charge >= 0.3 is 0 Å². The highest BCUT2D eigenvalue weighted by molar-refractivity contribution is 5.75. The summed E-state index contributed by atoms with van der Waals surface area (Å²) in [5, 5.41) is 2.96. The Morgan fingerprint density at radius 2 is 1.95 bits per heavy atom. The number of amides is 1. The Morgan fingerprint density at radius 3 is 2.53 bits per heavy atom. The maximum atomic E-state index is 11.7. The van der Waals surface area contributed by atoms with Gasteiger partial charge in [0.05, 0.1) is 6.10 Å². The molecule has 0 saturated carbocycles. The van der Waals surface area contributed by atoms with Crippen LogP contribution in [-0.4, -0.2) is 31.7 Å². The first kappa shape index (κ1) is 18.4. The van der Waals surface area contributed by atoms with Gasteiger partial charge in [0.25, 0.3) is 0 Å². The lowest BCUT2D eigenvalue weighted by atomic mass is 9.84. The second-order valence-corrected chi connectivity index (χ2v) is 6.18. The lowest BCUT2D eigenvalue weighted by Crippen LogP contribution is -2.27. The van der Waals surface area contributed by atoms with Crippen molar-refractivity contribution in [3.05, 3.63) is 0 Å². The molecule has 0 unspecified atom stereocenters. The van der Waals surface area contributed by atoms with Crippen LogP contribution in [0.25, 0.3) is 0 Å². The third-order valence-electron chi connectivity index (χ3n) is 3.19. The summed E-state index contributed by atoms with van der Waals surface area (Å²) < 4.78 is 5.44. The molecule has 0 saturated heterocycles. The highest BCUT2D eigenvalue weighted by atomic mass is 16.5. The smallest absolute Gasteiger partial charge is 0.220 e. The minimum Gasteiger partial charge on any atom is -0.379 e. The zero-order valence-electron chi connectivity index (χ0n) is 13.1. The van der Waals surface area contributed by atoms with Crippen LogP contribution in [-0.2, 0) is 9.53 Å². The van der Waals surface area contributed by atoms with Crippen molar-refractivity contribution in [3.63, 3.8) is 0 Å². The molecule has 0 spiro atoms. The number of carbonyl (C=O) groups is 1. The van der Waals surface area contributed by atoms with E-state index in [2.05, 4.69) is 19.2 Å². The second kappa shape index (κ2) is 10.2. The van der Waals surface area contributed by atoms with Gasteiger partial charge in [0.1, 0.15) is 0 Å². The van der Waals surface area contributed by atoms with Crippen LogP contribution >= 0.6 is 0 Å². The van der Waals surface area contributed by atoms with Crippen molar-refractivity contribution in [2.75, 3.05) is 19.7 Å². The zero-order chi connectivity index (χ0) is 14.7. The van der Waals surface area contributed by atoms with Crippen LogP contribution < -0.4 is 11.1 Å². The highest BCUT2D eigenvalue weighted by Crippen LogP contribution is 2.25. The van der Waals surface area contributed by atoms with E-state index in [1.807, 2.05) is 13.8 Å². The van der Waals surface area contributed by atoms with E-state index in [0.29, 0.717) is 19.1 Å². The molecule has 0 fully saturated rings. The third-order valence-corrected chi connectivity index (χ3v) is 3.19. The molecule has 0 radical (unpaired) electrons. The number of rotatable bonds is 11. The van der Waals surface area contributed by atoms with E-state index in [4.69, 9.17) is 10.5 Å². The average molecular weight is 272 g/mol. The molecule has 0 aliphatic heterocycles. The molecule has 0 aromatic carbocycles. The molecule has 0 aliphatic rings. The normalized spacial score (nSPS) is 11.9. The summed E-state index contributed by atoms with van der Waals surface area (Å²) in [5.74, 6) is 0.148. The van der Waals surface area contributed by atoms with E-state index in [9.17, 15) is 4.79 Å². The Balaban J connectivity index is 3.49. The van der Waals surface area contributed by atoms with E-state index in [-0.39, 0.29) is 11.3 Å². The molecule has 4 heteroatoms. The molecule has 19 heavy (non-hydrogen) atoms. The minimum absolute atomic E-state index is 0.148. The Morgan fingerprint density at radius 1 is 1.26 bits per heavy atom. The Bertz CT molecular complexity index is 240. The Kier molecular flexibility index (Phi) is 9.88. The minimum atomic E-state index is 0.148. The molecule has 0 rings (SSSR count). The second-order valence-electron chi connectivity index (χ2n) is 6.18. The van der Waals surface area contributed by atoms with Gasteiger partial charge < -0.3 is 15.8 Å². The first-order valence-electron chi connectivity index (χ1n) is 7.46. The largest absolute Gasteiger partial charge is 0.379 e. The molecule has 114 valence electrons. The number of nitrogens with two attached hydrogens (primary N) is 1. The van der Waals surface area contributed by atoms with Crippen molar-refractivity contribution in [2.24, 2.45) is 11.1 Å². The molecule has 0 aliphatic carbocycles. The summed E-state index contributed by atoms with van der Waals surface area (Å²) >= 11 is 0.